The van der Waals surface area contributed by atoms with Gasteiger partial charge in [-0.25, -0.2) is 9.79 Å². The Morgan fingerprint density at radius 3 is 2.84 bits per heavy atom. The van der Waals surface area contributed by atoms with Crippen molar-refractivity contribution in [2.45, 2.75) is 44.0 Å². The summed E-state index contributed by atoms with van der Waals surface area (Å²) in [7, 11) is 3.42. The zero-order valence-corrected chi connectivity index (χ0v) is 11.5. The second-order valence-corrected chi connectivity index (χ2v) is 5.29. The molecule has 2 heterocycles. The van der Waals surface area contributed by atoms with Crippen molar-refractivity contribution in [3.63, 3.8) is 0 Å². The highest BCUT2D eigenvalue weighted by Crippen LogP contribution is 2.35. The second-order valence-electron chi connectivity index (χ2n) is 5.29. The molecular weight excluding hydrogens is 248 g/mol. The molecule has 0 saturated carbocycles. The van der Waals surface area contributed by atoms with E-state index in [9.17, 15) is 14.7 Å². The summed E-state index contributed by atoms with van der Waals surface area (Å²) in [5.74, 6) is -0.319. The molecule has 3 unspecified atom stereocenters. The van der Waals surface area contributed by atoms with Crippen LogP contribution in [-0.4, -0.2) is 65.1 Å². The molecule has 0 aliphatic carbocycles. The molecule has 0 aromatic rings. The van der Waals surface area contributed by atoms with Crippen LogP contribution in [0.15, 0.2) is 4.99 Å². The molecule has 3 amide bonds. The van der Waals surface area contributed by atoms with Crippen LogP contribution in [0, 0.1) is 0 Å². The minimum absolute atomic E-state index is 0.319. The van der Waals surface area contributed by atoms with E-state index < -0.39 is 23.8 Å². The third-order valence-electron chi connectivity index (χ3n) is 3.84. The van der Waals surface area contributed by atoms with Crippen LogP contribution >= 0.6 is 0 Å². The van der Waals surface area contributed by atoms with Crippen molar-refractivity contribution >= 4 is 18.3 Å². The number of hydrogen-bond donors (Lipinski definition) is 2. The van der Waals surface area contributed by atoms with Gasteiger partial charge in [0, 0.05) is 14.1 Å². The van der Waals surface area contributed by atoms with Gasteiger partial charge in [-0.15, -0.1) is 0 Å². The maximum absolute atomic E-state index is 12.0. The van der Waals surface area contributed by atoms with Gasteiger partial charge in [-0.3, -0.25) is 10.1 Å². The molecule has 0 aromatic carbocycles. The van der Waals surface area contributed by atoms with E-state index >= 15 is 0 Å². The largest absolute Gasteiger partial charge is 0.393 e. The summed E-state index contributed by atoms with van der Waals surface area (Å²) >= 11 is 0. The third-order valence-corrected chi connectivity index (χ3v) is 3.84. The predicted molar refractivity (Wildman–Crippen MR) is 69.6 cm³/mol. The number of likely N-dealkylation sites (N-methyl/N-ethyl adjacent to an activating group) is 2. The zero-order valence-electron chi connectivity index (χ0n) is 11.5. The van der Waals surface area contributed by atoms with Gasteiger partial charge in [0.15, 0.2) is 11.7 Å². The number of carbonyl (C=O) groups is 2. The van der Waals surface area contributed by atoms with Crippen molar-refractivity contribution in [1.29, 1.82) is 0 Å². The number of hydrogen-bond acceptors (Lipinski definition) is 5. The van der Waals surface area contributed by atoms with Gasteiger partial charge in [-0.1, -0.05) is 0 Å². The van der Waals surface area contributed by atoms with Gasteiger partial charge in [-0.05, 0) is 26.2 Å². The number of nitrogens with zero attached hydrogens (tertiary/aromatic N) is 3. The average molecular weight is 268 g/mol. The molecule has 2 aliphatic heterocycles. The van der Waals surface area contributed by atoms with Crippen molar-refractivity contribution in [2.75, 3.05) is 14.1 Å². The lowest BCUT2D eigenvalue weighted by atomic mass is 9.90. The Morgan fingerprint density at radius 2 is 2.21 bits per heavy atom. The molecule has 2 N–H and O–H groups in total. The van der Waals surface area contributed by atoms with Gasteiger partial charge in [-0.2, -0.15) is 0 Å². The number of aliphatic hydroxyl groups is 1. The first-order chi connectivity index (χ1) is 8.88. The summed E-state index contributed by atoms with van der Waals surface area (Å²) < 4.78 is 0. The lowest BCUT2D eigenvalue weighted by Gasteiger charge is -2.45. The number of amides is 3. The summed E-state index contributed by atoms with van der Waals surface area (Å²) in [5.41, 5.74) is -0.844. The van der Waals surface area contributed by atoms with Crippen LogP contribution < -0.4 is 5.32 Å². The van der Waals surface area contributed by atoms with Crippen LogP contribution in [0.1, 0.15) is 26.2 Å². The van der Waals surface area contributed by atoms with Gasteiger partial charge in [0.1, 0.15) is 0 Å². The summed E-state index contributed by atoms with van der Waals surface area (Å²) in [6.45, 7) is 1.72. The Labute approximate surface area is 112 Å². The van der Waals surface area contributed by atoms with E-state index in [1.54, 1.807) is 32.3 Å². The molecule has 7 nitrogen and oxygen atoms in total. The number of imide groups is 1. The Morgan fingerprint density at radius 1 is 1.53 bits per heavy atom. The van der Waals surface area contributed by atoms with E-state index in [0.29, 0.717) is 19.3 Å². The fourth-order valence-electron chi connectivity index (χ4n) is 2.78. The molecule has 1 saturated heterocycles. The standard InChI is InChI=1S/C12H20N4O3/c1-8(17)5-4-6-12-9(15(2)7-13-12)10(18)14-11(19)16(12)3/h7-9,17H,4-6H2,1-3H3,(H,14,18,19). The van der Waals surface area contributed by atoms with Crippen LogP contribution in [0.3, 0.4) is 0 Å². The fourth-order valence-corrected chi connectivity index (χ4v) is 2.78. The molecule has 0 radical (unpaired) electrons. The first kappa shape index (κ1) is 13.8. The smallest absolute Gasteiger partial charge is 0.325 e. The van der Waals surface area contributed by atoms with Crippen molar-refractivity contribution in [1.82, 2.24) is 15.1 Å². The second kappa shape index (κ2) is 4.80. The highest BCUT2D eigenvalue weighted by atomic mass is 16.3. The lowest BCUT2D eigenvalue weighted by molar-refractivity contribution is -0.130. The Balaban J connectivity index is 2.22. The van der Waals surface area contributed by atoms with E-state index in [2.05, 4.69) is 10.3 Å². The molecule has 7 heteroatoms. The minimum Gasteiger partial charge on any atom is -0.393 e. The van der Waals surface area contributed by atoms with E-state index in [-0.39, 0.29) is 5.91 Å². The number of rotatable bonds is 4. The van der Waals surface area contributed by atoms with E-state index in [1.165, 1.54) is 4.90 Å². The van der Waals surface area contributed by atoms with Crippen LogP contribution in [0.25, 0.3) is 0 Å². The summed E-state index contributed by atoms with van der Waals surface area (Å²) in [4.78, 5) is 31.4. The number of fused-ring (bicyclic) bond motifs is 1. The maximum Gasteiger partial charge on any atom is 0.325 e. The number of carbonyl (C=O) groups excluding carboxylic acids is 2. The van der Waals surface area contributed by atoms with Gasteiger partial charge in [0.2, 0.25) is 0 Å². The normalized spacial score (nSPS) is 31.5. The first-order valence-corrected chi connectivity index (χ1v) is 6.42. The number of aliphatic hydroxyl groups excluding tert-OH is 1. The number of aliphatic imine (C=N–C) groups is 1. The van der Waals surface area contributed by atoms with Gasteiger partial charge >= 0.3 is 6.03 Å². The average Bonchev–Trinajstić information content (AvgIpc) is 2.65. The van der Waals surface area contributed by atoms with E-state index in [0.717, 1.165) is 0 Å². The molecule has 1 fully saturated rings. The Hall–Kier alpha value is -1.63. The summed E-state index contributed by atoms with van der Waals surface area (Å²) in [5, 5.41) is 11.7. The van der Waals surface area contributed by atoms with Crippen molar-refractivity contribution in [2.24, 2.45) is 4.99 Å². The molecule has 3 atom stereocenters. The lowest BCUT2D eigenvalue weighted by Crippen LogP contribution is -2.69. The molecule has 19 heavy (non-hydrogen) atoms. The molecule has 0 bridgehead atoms. The Kier molecular flexibility index (Phi) is 3.49. The van der Waals surface area contributed by atoms with E-state index in [1.807, 2.05) is 0 Å². The van der Waals surface area contributed by atoms with Gasteiger partial charge in [0.05, 0.1) is 12.4 Å². The zero-order chi connectivity index (χ0) is 14.2. The molecular formula is C12H20N4O3. The van der Waals surface area contributed by atoms with Crippen molar-refractivity contribution in [3.05, 3.63) is 0 Å². The summed E-state index contributed by atoms with van der Waals surface area (Å²) in [6, 6.07) is -0.921. The van der Waals surface area contributed by atoms with Crippen LogP contribution in [0.4, 0.5) is 4.79 Å². The third kappa shape index (κ3) is 2.18. The molecule has 0 aromatic heterocycles. The summed E-state index contributed by atoms with van der Waals surface area (Å²) in [6.07, 6.45) is 3.08. The molecule has 2 rings (SSSR count). The topological polar surface area (TPSA) is 85.2 Å². The number of nitrogens with one attached hydrogen (secondary N) is 1. The first-order valence-electron chi connectivity index (χ1n) is 6.42. The van der Waals surface area contributed by atoms with E-state index in [4.69, 9.17) is 0 Å². The minimum atomic E-state index is -0.844. The molecule has 106 valence electrons. The van der Waals surface area contributed by atoms with Crippen LogP contribution in [0.5, 0.6) is 0 Å². The SMILES string of the molecule is CC(O)CCCC12N=CN(C)C1C(=O)NC(=O)N2C. The monoisotopic (exact) mass is 268 g/mol. The van der Waals surface area contributed by atoms with Crippen LogP contribution in [0.2, 0.25) is 0 Å². The quantitative estimate of drug-likeness (QED) is 0.737. The van der Waals surface area contributed by atoms with Crippen LogP contribution in [-0.2, 0) is 4.79 Å². The van der Waals surface area contributed by atoms with Gasteiger partial charge in [0.25, 0.3) is 5.91 Å². The highest BCUT2D eigenvalue weighted by Gasteiger charge is 2.56. The van der Waals surface area contributed by atoms with Crippen molar-refractivity contribution in [3.8, 4) is 0 Å². The number of urea groups is 1. The highest BCUT2D eigenvalue weighted by molar-refractivity contribution is 6.02. The van der Waals surface area contributed by atoms with Crippen molar-refractivity contribution < 1.29 is 14.7 Å². The fraction of sp³-hybridized carbons (Fsp3) is 0.750. The Bertz CT molecular complexity index is 423. The molecule has 2 aliphatic rings. The maximum atomic E-state index is 12.0. The van der Waals surface area contributed by atoms with Gasteiger partial charge < -0.3 is 14.9 Å². The predicted octanol–water partition coefficient (Wildman–Crippen LogP) is -0.242. The molecule has 0 spiro atoms.